The first kappa shape index (κ1) is 15.7. The Bertz CT molecular complexity index is 786. The van der Waals surface area contributed by atoms with E-state index in [1.807, 2.05) is 13.0 Å². The summed E-state index contributed by atoms with van der Waals surface area (Å²) in [6, 6.07) is 11.1. The Kier molecular flexibility index (Phi) is 4.46. The van der Waals surface area contributed by atoms with Crippen molar-refractivity contribution in [1.82, 2.24) is 0 Å². The second-order valence-electron chi connectivity index (χ2n) is 4.51. The molecule has 0 spiro atoms. The van der Waals surface area contributed by atoms with E-state index in [9.17, 15) is 13.2 Å². The molecule has 0 atom stereocenters. The molecule has 0 saturated heterocycles. The summed E-state index contributed by atoms with van der Waals surface area (Å²) in [7, 11) is -3.73. The van der Waals surface area contributed by atoms with Crippen molar-refractivity contribution in [3.63, 3.8) is 0 Å². The Balaban J connectivity index is 2.22. The first-order valence-corrected chi connectivity index (χ1v) is 8.31. The number of carbonyl (C=O) groups excluding carboxylic acids is 1. The number of primary sulfonamides is 1. The monoisotopic (exact) mass is 368 g/mol. The molecule has 2 rings (SSSR count). The molecule has 5 nitrogen and oxygen atoms in total. The van der Waals surface area contributed by atoms with Crippen molar-refractivity contribution in [2.45, 2.75) is 11.8 Å². The lowest BCUT2D eigenvalue weighted by Crippen LogP contribution is -2.14. The van der Waals surface area contributed by atoms with Crippen LogP contribution in [0.3, 0.4) is 0 Å². The largest absolute Gasteiger partial charge is 0.322 e. The lowest BCUT2D eigenvalue weighted by molar-refractivity contribution is 0.102. The molecule has 3 N–H and O–H groups in total. The molecule has 0 unspecified atom stereocenters. The smallest absolute Gasteiger partial charge is 0.256 e. The molecule has 2 aromatic carbocycles. The quantitative estimate of drug-likeness (QED) is 0.872. The van der Waals surface area contributed by atoms with Crippen LogP contribution in [0.5, 0.6) is 0 Å². The maximum Gasteiger partial charge on any atom is 0.256 e. The van der Waals surface area contributed by atoms with E-state index in [4.69, 9.17) is 5.14 Å². The number of halogens is 1. The van der Waals surface area contributed by atoms with Gasteiger partial charge in [-0.25, -0.2) is 13.6 Å². The molecule has 0 radical (unpaired) electrons. The summed E-state index contributed by atoms with van der Waals surface area (Å²) in [6.07, 6.45) is 0. The molecule has 1 amide bonds. The van der Waals surface area contributed by atoms with Gasteiger partial charge in [0.05, 0.1) is 10.5 Å². The molecule has 0 aromatic heterocycles. The highest BCUT2D eigenvalue weighted by atomic mass is 79.9. The number of hydrogen-bond donors (Lipinski definition) is 2. The van der Waals surface area contributed by atoms with E-state index in [-0.39, 0.29) is 10.8 Å². The van der Waals surface area contributed by atoms with Crippen molar-refractivity contribution in [3.05, 3.63) is 58.1 Å². The Morgan fingerprint density at radius 2 is 1.76 bits per heavy atom. The predicted molar refractivity (Wildman–Crippen MR) is 84.6 cm³/mol. The Morgan fingerprint density at radius 1 is 1.14 bits per heavy atom. The van der Waals surface area contributed by atoms with Gasteiger partial charge in [0.2, 0.25) is 10.0 Å². The Morgan fingerprint density at radius 3 is 2.33 bits per heavy atom. The van der Waals surface area contributed by atoms with Crippen molar-refractivity contribution in [2.75, 3.05) is 5.32 Å². The highest BCUT2D eigenvalue weighted by molar-refractivity contribution is 9.10. The SMILES string of the molecule is Cc1ccc(Br)c(C(=O)Nc2ccc(S(N)(=O)=O)cc2)c1. The van der Waals surface area contributed by atoms with Crippen LogP contribution in [0.15, 0.2) is 51.8 Å². The fourth-order valence-corrected chi connectivity index (χ4v) is 2.68. The Hall–Kier alpha value is -1.70. The van der Waals surface area contributed by atoms with Crippen molar-refractivity contribution >= 4 is 37.5 Å². The number of anilines is 1. The number of hydrogen-bond acceptors (Lipinski definition) is 3. The molecule has 0 aliphatic rings. The molecule has 0 aliphatic carbocycles. The minimum Gasteiger partial charge on any atom is -0.322 e. The van der Waals surface area contributed by atoms with Gasteiger partial charge in [0.1, 0.15) is 0 Å². The molecule has 21 heavy (non-hydrogen) atoms. The second kappa shape index (κ2) is 5.97. The molecule has 2 aromatic rings. The van der Waals surface area contributed by atoms with Crippen molar-refractivity contribution < 1.29 is 13.2 Å². The van der Waals surface area contributed by atoms with E-state index in [1.165, 1.54) is 24.3 Å². The van der Waals surface area contributed by atoms with Gasteiger partial charge >= 0.3 is 0 Å². The third kappa shape index (κ3) is 3.90. The van der Waals surface area contributed by atoms with E-state index >= 15 is 0 Å². The second-order valence-corrected chi connectivity index (χ2v) is 6.92. The first-order valence-electron chi connectivity index (χ1n) is 5.98. The van der Waals surface area contributed by atoms with Crippen LogP contribution >= 0.6 is 15.9 Å². The summed E-state index contributed by atoms with van der Waals surface area (Å²) in [5.41, 5.74) is 1.96. The van der Waals surface area contributed by atoms with E-state index in [2.05, 4.69) is 21.2 Å². The molecule has 110 valence electrons. The summed E-state index contributed by atoms with van der Waals surface area (Å²) in [5.74, 6) is -0.283. The molecule has 0 saturated carbocycles. The topological polar surface area (TPSA) is 89.3 Å². The first-order chi connectivity index (χ1) is 9.77. The highest BCUT2D eigenvalue weighted by Gasteiger charge is 2.12. The van der Waals surface area contributed by atoms with Crippen LogP contribution in [0.2, 0.25) is 0 Å². The summed E-state index contributed by atoms with van der Waals surface area (Å²) >= 11 is 3.33. The number of nitrogens with two attached hydrogens (primary N) is 1. The summed E-state index contributed by atoms with van der Waals surface area (Å²) in [5, 5.41) is 7.71. The number of carbonyl (C=O) groups is 1. The number of amides is 1. The van der Waals surface area contributed by atoms with Gasteiger partial charge < -0.3 is 5.32 Å². The average molecular weight is 369 g/mol. The lowest BCUT2D eigenvalue weighted by atomic mass is 10.1. The van der Waals surface area contributed by atoms with Gasteiger partial charge in [-0.1, -0.05) is 11.6 Å². The summed E-state index contributed by atoms with van der Waals surface area (Å²) in [6.45, 7) is 1.89. The van der Waals surface area contributed by atoms with E-state index in [1.54, 1.807) is 12.1 Å². The minimum absolute atomic E-state index is 0.00256. The standard InChI is InChI=1S/C14H13BrN2O3S/c1-9-2-7-13(15)12(8-9)14(18)17-10-3-5-11(6-4-10)21(16,19)20/h2-8H,1H3,(H,17,18)(H2,16,19,20). The number of rotatable bonds is 3. The van der Waals surface area contributed by atoms with Crippen LogP contribution in [0.4, 0.5) is 5.69 Å². The van der Waals surface area contributed by atoms with E-state index in [0.717, 1.165) is 5.56 Å². The zero-order valence-corrected chi connectivity index (χ0v) is 13.5. The summed E-state index contributed by atoms with van der Waals surface area (Å²) < 4.78 is 23.0. The molecule has 0 bridgehead atoms. The highest BCUT2D eigenvalue weighted by Crippen LogP contribution is 2.20. The van der Waals surface area contributed by atoms with E-state index in [0.29, 0.717) is 15.7 Å². The maximum atomic E-state index is 12.2. The van der Waals surface area contributed by atoms with Gasteiger partial charge in [-0.15, -0.1) is 0 Å². The molecule has 0 aliphatic heterocycles. The van der Waals surface area contributed by atoms with Gasteiger partial charge in [-0.3, -0.25) is 4.79 Å². The van der Waals surface area contributed by atoms with Gasteiger partial charge in [-0.05, 0) is 59.3 Å². The van der Waals surface area contributed by atoms with Crippen molar-refractivity contribution in [1.29, 1.82) is 0 Å². The van der Waals surface area contributed by atoms with Gasteiger partial charge in [0.15, 0.2) is 0 Å². The minimum atomic E-state index is -3.73. The number of aryl methyl sites for hydroxylation is 1. The van der Waals surface area contributed by atoms with Gasteiger partial charge in [0, 0.05) is 10.2 Å². The molecule has 7 heteroatoms. The number of nitrogens with one attached hydrogen (secondary N) is 1. The molecule has 0 heterocycles. The fraction of sp³-hybridized carbons (Fsp3) is 0.0714. The molecular weight excluding hydrogens is 356 g/mol. The van der Waals surface area contributed by atoms with Crippen LogP contribution in [-0.2, 0) is 10.0 Å². The van der Waals surface area contributed by atoms with Crippen LogP contribution in [0.25, 0.3) is 0 Å². The normalized spacial score (nSPS) is 11.2. The van der Waals surface area contributed by atoms with Crippen LogP contribution in [0, 0.1) is 6.92 Å². The number of benzene rings is 2. The maximum absolute atomic E-state index is 12.2. The van der Waals surface area contributed by atoms with Gasteiger partial charge in [0.25, 0.3) is 5.91 Å². The summed E-state index contributed by atoms with van der Waals surface area (Å²) in [4.78, 5) is 12.2. The zero-order valence-electron chi connectivity index (χ0n) is 11.1. The third-order valence-corrected chi connectivity index (χ3v) is 4.43. The van der Waals surface area contributed by atoms with Crippen molar-refractivity contribution in [3.8, 4) is 0 Å². The molecule has 0 fully saturated rings. The van der Waals surface area contributed by atoms with Crippen LogP contribution in [0.1, 0.15) is 15.9 Å². The van der Waals surface area contributed by atoms with Crippen LogP contribution < -0.4 is 10.5 Å². The van der Waals surface area contributed by atoms with Crippen LogP contribution in [-0.4, -0.2) is 14.3 Å². The predicted octanol–water partition coefficient (Wildman–Crippen LogP) is 2.66. The Labute approximate surface area is 131 Å². The van der Waals surface area contributed by atoms with Crippen molar-refractivity contribution in [2.24, 2.45) is 5.14 Å². The third-order valence-electron chi connectivity index (χ3n) is 2.81. The van der Waals surface area contributed by atoms with E-state index < -0.39 is 10.0 Å². The van der Waals surface area contributed by atoms with Gasteiger partial charge in [-0.2, -0.15) is 0 Å². The lowest BCUT2D eigenvalue weighted by Gasteiger charge is -2.08. The zero-order chi connectivity index (χ0) is 15.6. The average Bonchev–Trinajstić information content (AvgIpc) is 2.41. The molecular formula is C14H13BrN2O3S. The fourth-order valence-electron chi connectivity index (χ4n) is 1.74. The number of sulfonamides is 1.